The van der Waals surface area contributed by atoms with E-state index in [0.717, 1.165) is 18.4 Å². The number of rotatable bonds is 4. The molecule has 4 nitrogen and oxygen atoms in total. The number of amides is 1. The summed E-state index contributed by atoms with van der Waals surface area (Å²) in [7, 11) is 0. The Morgan fingerprint density at radius 1 is 1.35 bits per heavy atom. The van der Waals surface area contributed by atoms with E-state index >= 15 is 0 Å². The number of hydrogen-bond donors (Lipinski definition) is 2. The van der Waals surface area contributed by atoms with E-state index in [2.05, 4.69) is 5.32 Å². The number of hydrogen-bond acceptors (Lipinski definition) is 2. The second-order valence-corrected chi connectivity index (χ2v) is 5.46. The molecule has 0 atom stereocenters. The Balaban J connectivity index is 2.06. The first kappa shape index (κ1) is 14.5. The fourth-order valence-electron chi connectivity index (χ4n) is 2.67. The number of carbonyl (C=O) groups is 2. The number of benzene rings is 1. The number of carboxylic acid groups (broad SMARTS) is 1. The summed E-state index contributed by atoms with van der Waals surface area (Å²) in [4.78, 5) is 23.3. The highest BCUT2D eigenvalue weighted by Crippen LogP contribution is 2.37. The normalized spacial score (nSPS) is 16.9. The quantitative estimate of drug-likeness (QED) is 0.890. The summed E-state index contributed by atoms with van der Waals surface area (Å²) in [5, 5.41) is 11.9. The molecule has 1 saturated carbocycles. The highest BCUT2D eigenvalue weighted by atomic mass is 19.1. The first-order valence-electron chi connectivity index (χ1n) is 6.72. The van der Waals surface area contributed by atoms with Gasteiger partial charge in [-0.25, -0.2) is 4.39 Å². The Kier molecular flexibility index (Phi) is 4.06. The minimum Gasteiger partial charge on any atom is -0.481 e. The largest absolute Gasteiger partial charge is 0.481 e. The first-order valence-corrected chi connectivity index (χ1v) is 6.72. The van der Waals surface area contributed by atoms with Crippen LogP contribution in [0.4, 0.5) is 4.39 Å². The number of carbonyl (C=O) groups excluding carboxylic acids is 1. The molecule has 0 aromatic heterocycles. The van der Waals surface area contributed by atoms with Gasteiger partial charge in [0.2, 0.25) is 0 Å². The van der Waals surface area contributed by atoms with Crippen LogP contribution in [0.3, 0.4) is 0 Å². The third-order valence-electron chi connectivity index (χ3n) is 3.97. The Morgan fingerprint density at radius 2 is 2.00 bits per heavy atom. The summed E-state index contributed by atoms with van der Waals surface area (Å²) in [6, 6.07) is 4.36. The standard InChI is InChI=1S/C15H18FNO3/c1-10-4-5-11(12(16)8-10)13(18)17-9-15(14(19)20)6-2-3-7-15/h4-5,8H,2-3,6-7,9H2,1H3,(H,17,18)(H,19,20). The molecule has 2 N–H and O–H groups in total. The summed E-state index contributed by atoms with van der Waals surface area (Å²) in [6.45, 7) is 1.79. The molecule has 0 aliphatic heterocycles. The van der Waals surface area contributed by atoms with E-state index in [-0.39, 0.29) is 12.1 Å². The molecule has 0 radical (unpaired) electrons. The topological polar surface area (TPSA) is 66.4 Å². The summed E-state index contributed by atoms with van der Waals surface area (Å²) >= 11 is 0. The molecule has 1 aromatic carbocycles. The van der Waals surface area contributed by atoms with Crippen molar-refractivity contribution in [1.29, 1.82) is 0 Å². The SMILES string of the molecule is Cc1ccc(C(=O)NCC2(C(=O)O)CCCC2)c(F)c1. The van der Waals surface area contributed by atoms with Crippen molar-refractivity contribution in [3.63, 3.8) is 0 Å². The Hall–Kier alpha value is -1.91. The van der Waals surface area contributed by atoms with Crippen molar-refractivity contribution in [3.05, 3.63) is 35.1 Å². The van der Waals surface area contributed by atoms with Gasteiger partial charge in [0, 0.05) is 6.54 Å². The maximum absolute atomic E-state index is 13.7. The van der Waals surface area contributed by atoms with Gasteiger partial charge in [-0.3, -0.25) is 9.59 Å². The third kappa shape index (κ3) is 2.81. The van der Waals surface area contributed by atoms with Gasteiger partial charge in [-0.05, 0) is 37.5 Å². The van der Waals surface area contributed by atoms with E-state index in [1.54, 1.807) is 13.0 Å². The van der Waals surface area contributed by atoms with Crippen LogP contribution < -0.4 is 5.32 Å². The van der Waals surface area contributed by atoms with E-state index < -0.39 is 23.1 Å². The molecule has 1 aliphatic carbocycles. The zero-order chi connectivity index (χ0) is 14.8. The zero-order valence-electron chi connectivity index (χ0n) is 11.4. The van der Waals surface area contributed by atoms with Gasteiger partial charge in [-0.1, -0.05) is 18.9 Å². The van der Waals surface area contributed by atoms with E-state index in [0.29, 0.717) is 12.8 Å². The van der Waals surface area contributed by atoms with E-state index in [1.807, 2.05) is 0 Å². The van der Waals surface area contributed by atoms with Crippen molar-refractivity contribution in [2.75, 3.05) is 6.54 Å². The third-order valence-corrected chi connectivity index (χ3v) is 3.97. The van der Waals surface area contributed by atoms with Gasteiger partial charge >= 0.3 is 5.97 Å². The molecule has 0 spiro atoms. The Morgan fingerprint density at radius 3 is 2.55 bits per heavy atom. The molecule has 1 fully saturated rings. The minimum atomic E-state index is -0.892. The van der Waals surface area contributed by atoms with Crippen LogP contribution >= 0.6 is 0 Å². The lowest BCUT2D eigenvalue weighted by atomic mass is 9.86. The second-order valence-electron chi connectivity index (χ2n) is 5.46. The van der Waals surface area contributed by atoms with Crippen molar-refractivity contribution in [1.82, 2.24) is 5.32 Å². The average molecular weight is 279 g/mol. The summed E-state index contributed by atoms with van der Waals surface area (Å²) < 4.78 is 13.7. The predicted molar refractivity (Wildman–Crippen MR) is 72.0 cm³/mol. The van der Waals surface area contributed by atoms with Gasteiger partial charge in [-0.15, -0.1) is 0 Å². The number of aryl methyl sites for hydroxylation is 1. The smallest absolute Gasteiger partial charge is 0.311 e. The van der Waals surface area contributed by atoms with Crippen LogP contribution in [-0.2, 0) is 4.79 Å². The Labute approximate surface area is 117 Å². The van der Waals surface area contributed by atoms with E-state index in [1.165, 1.54) is 12.1 Å². The molecule has 0 unspecified atom stereocenters. The number of aliphatic carboxylic acids is 1. The molecule has 5 heteroatoms. The molecule has 1 amide bonds. The maximum atomic E-state index is 13.7. The molecule has 2 rings (SSSR count). The highest BCUT2D eigenvalue weighted by molar-refractivity contribution is 5.94. The van der Waals surface area contributed by atoms with Crippen LogP contribution in [0.2, 0.25) is 0 Å². The van der Waals surface area contributed by atoms with Gasteiger partial charge in [0.15, 0.2) is 0 Å². The van der Waals surface area contributed by atoms with Crippen LogP contribution in [-0.4, -0.2) is 23.5 Å². The average Bonchev–Trinajstić information content (AvgIpc) is 2.86. The first-order chi connectivity index (χ1) is 9.44. The molecule has 20 heavy (non-hydrogen) atoms. The molecule has 0 saturated heterocycles. The van der Waals surface area contributed by atoms with E-state index in [4.69, 9.17) is 0 Å². The zero-order valence-corrected chi connectivity index (χ0v) is 11.4. The maximum Gasteiger partial charge on any atom is 0.311 e. The van der Waals surface area contributed by atoms with Gasteiger partial charge < -0.3 is 10.4 Å². The highest BCUT2D eigenvalue weighted by Gasteiger charge is 2.41. The second kappa shape index (κ2) is 5.61. The van der Waals surface area contributed by atoms with Crippen LogP contribution in [0.25, 0.3) is 0 Å². The fourth-order valence-corrected chi connectivity index (χ4v) is 2.67. The molecule has 108 valence electrons. The van der Waals surface area contributed by atoms with Crippen molar-refractivity contribution >= 4 is 11.9 Å². The van der Waals surface area contributed by atoms with E-state index in [9.17, 15) is 19.1 Å². The molecule has 0 heterocycles. The lowest BCUT2D eigenvalue weighted by molar-refractivity contribution is -0.148. The van der Waals surface area contributed by atoms with Crippen molar-refractivity contribution in [3.8, 4) is 0 Å². The summed E-state index contributed by atoms with van der Waals surface area (Å²) in [6.07, 6.45) is 2.81. The van der Waals surface area contributed by atoms with Crippen LogP contribution in [0.1, 0.15) is 41.6 Å². The van der Waals surface area contributed by atoms with Gasteiger partial charge in [-0.2, -0.15) is 0 Å². The van der Waals surface area contributed by atoms with Crippen molar-refractivity contribution < 1.29 is 19.1 Å². The van der Waals surface area contributed by atoms with Crippen LogP contribution in [0, 0.1) is 18.2 Å². The minimum absolute atomic E-state index is 0.0471. The van der Waals surface area contributed by atoms with Crippen LogP contribution in [0.15, 0.2) is 18.2 Å². The van der Waals surface area contributed by atoms with Gasteiger partial charge in [0.1, 0.15) is 5.82 Å². The summed E-state index contributed by atoms with van der Waals surface area (Å²) in [5.41, 5.74) is -0.206. The molecular weight excluding hydrogens is 261 g/mol. The number of halogens is 1. The van der Waals surface area contributed by atoms with Crippen molar-refractivity contribution in [2.24, 2.45) is 5.41 Å². The molecular formula is C15H18FNO3. The van der Waals surface area contributed by atoms with Gasteiger partial charge in [0.25, 0.3) is 5.91 Å². The molecule has 0 bridgehead atoms. The summed E-state index contributed by atoms with van der Waals surface area (Å²) in [5.74, 6) is -2.03. The lowest BCUT2D eigenvalue weighted by Gasteiger charge is -2.24. The number of nitrogens with one attached hydrogen (secondary N) is 1. The lowest BCUT2D eigenvalue weighted by Crippen LogP contribution is -2.41. The Bertz CT molecular complexity index is 536. The van der Waals surface area contributed by atoms with Crippen LogP contribution in [0.5, 0.6) is 0 Å². The predicted octanol–water partition coefficient (Wildman–Crippen LogP) is 2.51. The molecule has 1 aliphatic rings. The monoisotopic (exact) mass is 279 g/mol. The number of carboxylic acids is 1. The fraction of sp³-hybridized carbons (Fsp3) is 0.467. The van der Waals surface area contributed by atoms with Gasteiger partial charge in [0.05, 0.1) is 11.0 Å². The van der Waals surface area contributed by atoms with Crippen molar-refractivity contribution in [2.45, 2.75) is 32.6 Å². The molecule has 1 aromatic rings.